The lowest BCUT2D eigenvalue weighted by Crippen LogP contribution is -2.26. The molecule has 1 atom stereocenters. The van der Waals surface area contributed by atoms with Crippen LogP contribution in [0.2, 0.25) is 0 Å². The topological polar surface area (TPSA) is 52.0 Å². The molecule has 76 valence electrons. The summed E-state index contributed by atoms with van der Waals surface area (Å²) < 4.78 is 0.949. The van der Waals surface area contributed by atoms with Crippen LogP contribution in [0, 0.1) is 5.92 Å². The Labute approximate surface area is 92.8 Å². The van der Waals surface area contributed by atoms with Gasteiger partial charge in [0.25, 0.3) is 0 Å². The summed E-state index contributed by atoms with van der Waals surface area (Å²) in [4.78, 5) is 0. The van der Waals surface area contributed by atoms with Gasteiger partial charge in [0.1, 0.15) is 0 Å². The first-order valence-electron chi connectivity index (χ1n) is 4.99. The van der Waals surface area contributed by atoms with Crippen molar-refractivity contribution in [2.45, 2.75) is 25.3 Å². The summed E-state index contributed by atoms with van der Waals surface area (Å²) >= 11 is 3.42. The molecule has 1 aromatic rings. The predicted octanol–water partition coefficient (Wildman–Crippen LogP) is 2.83. The summed E-state index contributed by atoms with van der Waals surface area (Å²) in [6.07, 6.45) is 3.86. The molecule has 2 nitrogen and oxygen atoms in total. The van der Waals surface area contributed by atoms with E-state index >= 15 is 0 Å². The molecule has 0 amide bonds. The van der Waals surface area contributed by atoms with Gasteiger partial charge in [-0.1, -0.05) is 12.5 Å². The first-order valence-corrected chi connectivity index (χ1v) is 5.78. The molecule has 0 radical (unpaired) electrons. The molecular weight excluding hydrogens is 240 g/mol. The second-order valence-corrected chi connectivity index (χ2v) is 4.85. The van der Waals surface area contributed by atoms with Gasteiger partial charge in [-0.05, 0) is 52.4 Å². The van der Waals surface area contributed by atoms with E-state index in [2.05, 4.69) is 15.9 Å². The zero-order valence-corrected chi connectivity index (χ0v) is 9.63. The molecule has 1 aliphatic rings. The number of anilines is 1. The summed E-state index contributed by atoms with van der Waals surface area (Å²) in [7, 11) is 0. The van der Waals surface area contributed by atoms with E-state index in [9.17, 15) is 0 Å². The summed E-state index contributed by atoms with van der Waals surface area (Å²) in [5.74, 6) is 0.672. The van der Waals surface area contributed by atoms with E-state index in [1.807, 2.05) is 18.2 Å². The van der Waals surface area contributed by atoms with Crippen LogP contribution in [0.25, 0.3) is 0 Å². The fraction of sp³-hybridized carbons (Fsp3) is 0.455. The summed E-state index contributed by atoms with van der Waals surface area (Å²) in [6, 6.07) is 6.17. The lowest BCUT2D eigenvalue weighted by Gasteiger charge is -2.31. The largest absolute Gasteiger partial charge is 0.398 e. The van der Waals surface area contributed by atoms with E-state index in [1.165, 1.54) is 24.8 Å². The monoisotopic (exact) mass is 254 g/mol. The van der Waals surface area contributed by atoms with Gasteiger partial charge in [-0.15, -0.1) is 0 Å². The third kappa shape index (κ3) is 1.79. The minimum absolute atomic E-state index is 0.181. The minimum atomic E-state index is 0.181. The van der Waals surface area contributed by atoms with Crippen molar-refractivity contribution in [1.82, 2.24) is 0 Å². The fourth-order valence-electron chi connectivity index (χ4n) is 1.82. The molecule has 1 aromatic carbocycles. The highest BCUT2D eigenvalue weighted by Gasteiger charge is 2.25. The van der Waals surface area contributed by atoms with E-state index in [0.29, 0.717) is 5.92 Å². The van der Waals surface area contributed by atoms with Crippen molar-refractivity contribution < 1.29 is 0 Å². The van der Waals surface area contributed by atoms with Crippen LogP contribution in [0.1, 0.15) is 30.9 Å². The Morgan fingerprint density at radius 1 is 1.36 bits per heavy atom. The van der Waals surface area contributed by atoms with Crippen molar-refractivity contribution in [2.24, 2.45) is 11.7 Å². The summed E-state index contributed by atoms with van der Waals surface area (Å²) in [5.41, 5.74) is 13.8. The molecule has 2 rings (SSSR count). The Morgan fingerprint density at radius 2 is 2.07 bits per heavy atom. The molecule has 3 heteroatoms. The first-order chi connectivity index (χ1) is 6.68. The zero-order valence-electron chi connectivity index (χ0n) is 8.04. The number of benzene rings is 1. The van der Waals surface area contributed by atoms with Crippen molar-refractivity contribution in [2.75, 3.05) is 5.73 Å². The summed E-state index contributed by atoms with van der Waals surface area (Å²) in [5, 5.41) is 0. The standard InChI is InChI=1S/C11H15BrN2/c12-9-6-8(4-5-10(9)13)11(14)7-2-1-3-7/h4-7,11H,1-3,13-14H2. The van der Waals surface area contributed by atoms with Crippen LogP contribution in [0.4, 0.5) is 5.69 Å². The Balaban J connectivity index is 2.18. The molecule has 0 bridgehead atoms. The van der Waals surface area contributed by atoms with Gasteiger partial charge >= 0.3 is 0 Å². The van der Waals surface area contributed by atoms with Crippen LogP contribution in [0.5, 0.6) is 0 Å². The third-order valence-corrected chi connectivity index (χ3v) is 3.75. The fourth-order valence-corrected chi connectivity index (χ4v) is 2.22. The van der Waals surface area contributed by atoms with Crippen molar-refractivity contribution in [3.63, 3.8) is 0 Å². The van der Waals surface area contributed by atoms with Gasteiger partial charge in [0.05, 0.1) is 0 Å². The van der Waals surface area contributed by atoms with E-state index in [4.69, 9.17) is 11.5 Å². The molecular formula is C11H15BrN2. The lowest BCUT2D eigenvalue weighted by molar-refractivity contribution is 0.264. The third-order valence-electron chi connectivity index (χ3n) is 3.07. The lowest BCUT2D eigenvalue weighted by atomic mass is 9.77. The van der Waals surface area contributed by atoms with Crippen molar-refractivity contribution >= 4 is 21.6 Å². The molecule has 0 saturated heterocycles. The van der Waals surface area contributed by atoms with Gasteiger partial charge in [0.2, 0.25) is 0 Å². The molecule has 0 aliphatic heterocycles. The highest BCUT2D eigenvalue weighted by Crippen LogP contribution is 2.37. The molecule has 1 saturated carbocycles. The summed E-state index contributed by atoms with van der Waals surface area (Å²) in [6.45, 7) is 0. The minimum Gasteiger partial charge on any atom is -0.398 e. The molecule has 0 heterocycles. The Morgan fingerprint density at radius 3 is 2.57 bits per heavy atom. The van der Waals surface area contributed by atoms with Crippen molar-refractivity contribution in [3.8, 4) is 0 Å². The predicted molar refractivity (Wildman–Crippen MR) is 62.8 cm³/mol. The molecule has 14 heavy (non-hydrogen) atoms. The quantitative estimate of drug-likeness (QED) is 0.798. The smallest absolute Gasteiger partial charge is 0.0458 e. The van der Waals surface area contributed by atoms with Crippen LogP contribution in [-0.2, 0) is 0 Å². The van der Waals surface area contributed by atoms with Crippen LogP contribution in [-0.4, -0.2) is 0 Å². The number of hydrogen-bond acceptors (Lipinski definition) is 2. The van der Waals surface area contributed by atoms with E-state index in [0.717, 1.165) is 10.2 Å². The van der Waals surface area contributed by atoms with E-state index in [1.54, 1.807) is 0 Å². The van der Waals surface area contributed by atoms with Gasteiger partial charge < -0.3 is 11.5 Å². The second kappa shape index (κ2) is 3.91. The molecule has 1 fully saturated rings. The Kier molecular flexibility index (Phi) is 2.79. The number of rotatable bonds is 2. The van der Waals surface area contributed by atoms with Gasteiger partial charge in [0, 0.05) is 16.2 Å². The SMILES string of the molecule is Nc1ccc(C(N)C2CCC2)cc1Br. The van der Waals surface area contributed by atoms with Gasteiger partial charge in [-0.2, -0.15) is 0 Å². The Hall–Kier alpha value is -0.540. The molecule has 1 aliphatic carbocycles. The van der Waals surface area contributed by atoms with Crippen LogP contribution < -0.4 is 11.5 Å². The molecule has 4 N–H and O–H groups in total. The molecule has 1 unspecified atom stereocenters. The average Bonchev–Trinajstić information content (AvgIpc) is 2.06. The molecule has 0 aromatic heterocycles. The number of nitrogen functional groups attached to an aromatic ring is 1. The van der Waals surface area contributed by atoms with Gasteiger partial charge in [-0.3, -0.25) is 0 Å². The van der Waals surface area contributed by atoms with Crippen LogP contribution in [0.15, 0.2) is 22.7 Å². The van der Waals surface area contributed by atoms with Crippen LogP contribution >= 0.6 is 15.9 Å². The number of hydrogen-bond donors (Lipinski definition) is 2. The highest BCUT2D eigenvalue weighted by atomic mass is 79.9. The Bertz CT molecular complexity index is 334. The zero-order chi connectivity index (χ0) is 10.1. The highest BCUT2D eigenvalue weighted by molar-refractivity contribution is 9.10. The van der Waals surface area contributed by atoms with Gasteiger partial charge in [-0.25, -0.2) is 0 Å². The van der Waals surface area contributed by atoms with E-state index < -0.39 is 0 Å². The maximum absolute atomic E-state index is 6.16. The maximum Gasteiger partial charge on any atom is 0.0458 e. The molecule has 0 spiro atoms. The number of halogens is 1. The van der Waals surface area contributed by atoms with Crippen molar-refractivity contribution in [1.29, 1.82) is 0 Å². The second-order valence-electron chi connectivity index (χ2n) is 4.00. The van der Waals surface area contributed by atoms with Crippen molar-refractivity contribution in [3.05, 3.63) is 28.2 Å². The maximum atomic E-state index is 6.16. The first kappa shape index (κ1) is 9.99. The van der Waals surface area contributed by atoms with Gasteiger partial charge in [0.15, 0.2) is 0 Å². The van der Waals surface area contributed by atoms with Crippen LogP contribution in [0.3, 0.4) is 0 Å². The number of nitrogens with two attached hydrogens (primary N) is 2. The average molecular weight is 255 g/mol. The van der Waals surface area contributed by atoms with E-state index in [-0.39, 0.29) is 6.04 Å². The normalized spacial score (nSPS) is 19.0.